The second-order valence-corrected chi connectivity index (χ2v) is 5.14. The Morgan fingerprint density at radius 2 is 2.41 bits per heavy atom. The Kier molecular flexibility index (Phi) is 3.57. The largest absolute Gasteiger partial charge is 0.481 e. The molecule has 4 nitrogen and oxygen atoms in total. The van der Waals surface area contributed by atoms with Gasteiger partial charge >= 0.3 is 5.97 Å². The second-order valence-electron chi connectivity index (χ2n) is 4.23. The first-order valence-corrected chi connectivity index (χ1v) is 6.39. The van der Waals surface area contributed by atoms with Gasteiger partial charge in [-0.25, -0.2) is 0 Å². The summed E-state index contributed by atoms with van der Waals surface area (Å²) in [5.74, 6) is -0.755. The molecule has 1 aromatic carbocycles. The summed E-state index contributed by atoms with van der Waals surface area (Å²) >= 11 is 3.44. The molecule has 2 N–H and O–H groups in total. The second kappa shape index (κ2) is 4.96. The fourth-order valence-corrected chi connectivity index (χ4v) is 2.51. The highest BCUT2D eigenvalue weighted by molar-refractivity contribution is 9.10. The zero-order valence-corrected chi connectivity index (χ0v) is 11.2. The molecule has 0 radical (unpaired) electrons. The number of hydrogen-bond acceptors (Lipinski definition) is 3. The molecule has 0 saturated carbocycles. The smallest absolute Gasteiger partial charge is 0.305 e. The van der Waals surface area contributed by atoms with E-state index in [0.717, 1.165) is 28.9 Å². The lowest BCUT2D eigenvalue weighted by atomic mass is 10.1. The number of nitrogens with one attached hydrogen (secondary N) is 1. The number of carboxylic acids is 1. The number of anilines is 2. The first kappa shape index (κ1) is 12.2. The fraction of sp³-hybridized carbons (Fsp3) is 0.417. The van der Waals surface area contributed by atoms with E-state index >= 15 is 0 Å². The lowest BCUT2D eigenvalue weighted by Crippen LogP contribution is -2.41. The summed E-state index contributed by atoms with van der Waals surface area (Å²) < 4.78 is 1.02. The van der Waals surface area contributed by atoms with Crippen LogP contribution in [0.15, 0.2) is 22.7 Å². The first-order chi connectivity index (χ1) is 8.08. The molecule has 1 atom stereocenters. The van der Waals surface area contributed by atoms with Gasteiger partial charge in [0.1, 0.15) is 0 Å². The van der Waals surface area contributed by atoms with Crippen molar-refractivity contribution in [2.24, 2.45) is 0 Å². The third-order valence-corrected chi connectivity index (χ3v) is 3.43. The Morgan fingerprint density at radius 3 is 3.12 bits per heavy atom. The van der Waals surface area contributed by atoms with Crippen LogP contribution in [0.25, 0.3) is 0 Å². The normalized spacial score (nSPS) is 16.0. The van der Waals surface area contributed by atoms with Crippen molar-refractivity contribution in [2.75, 3.05) is 23.3 Å². The van der Waals surface area contributed by atoms with Crippen molar-refractivity contribution in [2.45, 2.75) is 19.4 Å². The Morgan fingerprint density at radius 1 is 1.65 bits per heavy atom. The van der Waals surface area contributed by atoms with E-state index in [4.69, 9.17) is 5.11 Å². The highest BCUT2D eigenvalue weighted by atomic mass is 79.9. The van der Waals surface area contributed by atoms with E-state index in [1.165, 1.54) is 0 Å². The minimum absolute atomic E-state index is 0.00882. The van der Waals surface area contributed by atoms with Gasteiger partial charge in [0.25, 0.3) is 0 Å². The number of aliphatic carboxylic acids is 1. The number of carbonyl (C=O) groups is 1. The van der Waals surface area contributed by atoms with E-state index in [9.17, 15) is 4.79 Å². The minimum atomic E-state index is -0.755. The van der Waals surface area contributed by atoms with Gasteiger partial charge in [-0.15, -0.1) is 0 Å². The van der Waals surface area contributed by atoms with Gasteiger partial charge in [-0.3, -0.25) is 4.79 Å². The molecular formula is C12H15BrN2O2. The quantitative estimate of drug-likeness (QED) is 0.900. The lowest BCUT2D eigenvalue weighted by Gasteiger charge is -2.36. The standard InChI is InChI=1S/C12H15BrN2O2/c1-8(6-12(16)17)15-5-4-14-10-7-9(13)2-3-11(10)15/h2-3,7-8,14H,4-6H2,1H3,(H,16,17). The molecule has 1 heterocycles. The molecule has 1 aliphatic rings. The van der Waals surface area contributed by atoms with Crippen LogP contribution in [-0.2, 0) is 4.79 Å². The van der Waals surface area contributed by atoms with E-state index < -0.39 is 5.97 Å². The molecule has 1 unspecified atom stereocenters. The van der Waals surface area contributed by atoms with Gasteiger partial charge in [0, 0.05) is 23.6 Å². The van der Waals surface area contributed by atoms with Gasteiger partial charge in [-0.1, -0.05) is 15.9 Å². The number of fused-ring (bicyclic) bond motifs is 1. The zero-order chi connectivity index (χ0) is 12.4. The molecular weight excluding hydrogens is 284 g/mol. The maximum absolute atomic E-state index is 10.8. The van der Waals surface area contributed by atoms with E-state index in [0.29, 0.717) is 0 Å². The Balaban J connectivity index is 2.25. The average Bonchev–Trinajstić information content (AvgIpc) is 2.26. The predicted molar refractivity (Wildman–Crippen MR) is 71.7 cm³/mol. The van der Waals surface area contributed by atoms with Crippen LogP contribution in [0, 0.1) is 0 Å². The van der Waals surface area contributed by atoms with E-state index in [1.54, 1.807) is 0 Å². The van der Waals surface area contributed by atoms with Crippen LogP contribution in [0.3, 0.4) is 0 Å². The number of carboxylic acid groups (broad SMARTS) is 1. The molecule has 1 aromatic rings. The summed E-state index contributed by atoms with van der Waals surface area (Å²) in [6.45, 7) is 3.63. The van der Waals surface area contributed by atoms with Crippen LogP contribution in [0.4, 0.5) is 11.4 Å². The van der Waals surface area contributed by atoms with Crippen LogP contribution < -0.4 is 10.2 Å². The van der Waals surface area contributed by atoms with Gasteiger partial charge in [0.15, 0.2) is 0 Å². The third kappa shape index (κ3) is 2.72. The van der Waals surface area contributed by atoms with Crippen molar-refractivity contribution in [3.8, 4) is 0 Å². The van der Waals surface area contributed by atoms with Crippen molar-refractivity contribution < 1.29 is 9.90 Å². The SMILES string of the molecule is CC(CC(=O)O)N1CCNc2cc(Br)ccc21. The molecule has 0 aromatic heterocycles. The van der Waals surface area contributed by atoms with Crippen molar-refractivity contribution >= 4 is 33.3 Å². The Bertz CT molecular complexity index is 437. The van der Waals surface area contributed by atoms with E-state index in [2.05, 4.69) is 26.1 Å². The fourth-order valence-electron chi connectivity index (χ4n) is 2.15. The molecule has 5 heteroatoms. The van der Waals surface area contributed by atoms with Gasteiger partial charge in [-0.2, -0.15) is 0 Å². The summed E-state index contributed by atoms with van der Waals surface area (Å²) in [6, 6.07) is 6.03. The van der Waals surface area contributed by atoms with Crippen LogP contribution in [-0.4, -0.2) is 30.2 Å². The molecule has 17 heavy (non-hydrogen) atoms. The molecule has 2 rings (SSSR count). The highest BCUT2D eigenvalue weighted by Gasteiger charge is 2.22. The van der Waals surface area contributed by atoms with Gasteiger partial charge in [-0.05, 0) is 25.1 Å². The highest BCUT2D eigenvalue weighted by Crippen LogP contribution is 2.33. The van der Waals surface area contributed by atoms with E-state index in [1.807, 2.05) is 25.1 Å². The number of rotatable bonds is 3. The van der Waals surface area contributed by atoms with Crippen LogP contribution in [0.1, 0.15) is 13.3 Å². The van der Waals surface area contributed by atoms with Crippen molar-refractivity contribution in [3.05, 3.63) is 22.7 Å². The summed E-state index contributed by atoms with van der Waals surface area (Å²) in [5.41, 5.74) is 2.14. The number of halogens is 1. The van der Waals surface area contributed by atoms with Gasteiger partial charge < -0.3 is 15.3 Å². The maximum Gasteiger partial charge on any atom is 0.305 e. The summed E-state index contributed by atoms with van der Waals surface area (Å²) in [5, 5.41) is 12.2. The molecule has 92 valence electrons. The first-order valence-electron chi connectivity index (χ1n) is 5.60. The van der Waals surface area contributed by atoms with Crippen molar-refractivity contribution in [3.63, 3.8) is 0 Å². The summed E-state index contributed by atoms with van der Waals surface area (Å²) in [7, 11) is 0. The third-order valence-electron chi connectivity index (χ3n) is 2.94. The number of benzene rings is 1. The van der Waals surface area contributed by atoms with Gasteiger partial charge in [0.2, 0.25) is 0 Å². The lowest BCUT2D eigenvalue weighted by molar-refractivity contribution is -0.137. The van der Waals surface area contributed by atoms with Crippen LogP contribution >= 0.6 is 15.9 Å². The molecule has 0 saturated heterocycles. The summed E-state index contributed by atoms with van der Waals surface area (Å²) in [6.07, 6.45) is 0.162. The van der Waals surface area contributed by atoms with Crippen LogP contribution in [0.5, 0.6) is 0 Å². The van der Waals surface area contributed by atoms with Crippen molar-refractivity contribution in [1.82, 2.24) is 0 Å². The van der Waals surface area contributed by atoms with E-state index in [-0.39, 0.29) is 12.5 Å². The van der Waals surface area contributed by atoms with Gasteiger partial charge in [0.05, 0.1) is 17.8 Å². The Labute approximate surface area is 109 Å². The monoisotopic (exact) mass is 298 g/mol. The average molecular weight is 299 g/mol. The molecule has 0 spiro atoms. The molecule has 0 aliphatic carbocycles. The molecule has 0 bridgehead atoms. The maximum atomic E-state index is 10.8. The minimum Gasteiger partial charge on any atom is -0.481 e. The Hall–Kier alpha value is -1.23. The number of hydrogen-bond donors (Lipinski definition) is 2. The topological polar surface area (TPSA) is 52.6 Å². The van der Waals surface area contributed by atoms with Crippen LogP contribution in [0.2, 0.25) is 0 Å². The molecule has 1 aliphatic heterocycles. The summed E-state index contributed by atoms with van der Waals surface area (Å²) in [4.78, 5) is 12.9. The molecule has 0 fully saturated rings. The molecule has 0 amide bonds. The van der Waals surface area contributed by atoms with Crippen molar-refractivity contribution in [1.29, 1.82) is 0 Å². The predicted octanol–water partition coefficient (Wildman–Crippen LogP) is 2.54. The number of nitrogens with zero attached hydrogens (tertiary/aromatic N) is 1. The zero-order valence-electron chi connectivity index (χ0n) is 9.61.